The van der Waals surface area contributed by atoms with Crippen LogP contribution in [0.25, 0.3) is 0 Å². The minimum Gasteiger partial charge on any atom is -0.416 e. The molecule has 1 aliphatic rings. The molecule has 0 aromatic carbocycles. The van der Waals surface area contributed by atoms with Crippen LogP contribution in [0.5, 0.6) is 0 Å². The standard InChI is InChI=1S/C8H24O4Si4.C7H18O3Si.CH8O6Si2.7CH4.H6O7Si2.3H4O4Si.2H2O/c1-13(2)9-14(3,4)11-16(7,8)12-15(5,6)10-13;1-5-8-11(4,9-6-2)10-7-3;1-8(2,3)7-9(4,5)6;;;;;;;;1-8(2,3)7-9(4,5)6;3*1-5(2,3)4;;/h1-8H3;5-7H2,1-4H3;2-6H,1H3;7*1H4;1-6H;3*1-4H;2*1H2. The lowest BCUT2D eigenvalue weighted by atomic mass is 10.9. The zero-order valence-corrected chi connectivity index (χ0v) is 48.1. The Hall–Kier alpha value is 1.24. The van der Waals surface area contributed by atoms with Crippen LogP contribution in [0.15, 0.2) is 0 Å². The van der Waals surface area contributed by atoms with E-state index in [1.165, 1.54) is 0 Å². The molecule has 0 aliphatic carbocycles. The molecule has 0 unspecified atom stereocenters. The highest BCUT2D eigenvalue weighted by molar-refractivity contribution is 6.92. The molecular weight excluding hydrogens is 1160 g/mol. The molecule has 0 amide bonds. The van der Waals surface area contributed by atoms with Crippen molar-refractivity contribution in [2.45, 2.75) is 138 Å². The quantitative estimate of drug-likeness (QED) is 0.0904. The maximum absolute atomic E-state index is 8.38. The van der Waals surface area contributed by atoms with Gasteiger partial charge in [0.15, 0.2) is 0 Å². The second-order valence-corrected chi connectivity index (χ2v) is 40.4. The Morgan fingerprint density at radius 1 is 0.319 bits per heavy atom. The fraction of sp³-hybridized carbons (Fsp3) is 1.00. The van der Waals surface area contributed by atoms with Crippen LogP contribution >= 0.6 is 0 Å². The Labute approximate surface area is 421 Å². The third-order valence-electron chi connectivity index (χ3n) is 3.79. The average Bonchev–Trinajstić information content (AvgIpc) is 2.73. The predicted molar refractivity (Wildman–Crippen MR) is 274 cm³/mol. The first-order chi connectivity index (χ1) is 25.4. The molecule has 1 aliphatic heterocycles. The van der Waals surface area contributed by atoms with Crippen LogP contribution in [0, 0.1) is 0 Å². The average molecular weight is 1260 g/mol. The van der Waals surface area contributed by atoms with Crippen molar-refractivity contribution in [3.8, 4) is 0 Å². The van der Waals surface area contributed by atoms with Crippen molar-refractivity contribution in [3.05, 3.63) is 0 Å². The summed E-state index contributed by atoms with van der Waals surface area (Å²) >= 11 is 0. The summed E-state index contributed by atoms with van der Waals surface area (Å²) in [5, 5.41) is 0. The Morgan fingerprint density at radius 3 is 0.507 bits per heavy atom. The van der Waals surface area contributed by atoms with Crippen LogP contribution in [-0.4, -0.2) is 247 Å². The zero-order chi connectivity index (χ0) is 50.5. The van der Waals surface area contributed by atoms with Crippen LogP contribution in [0.3, 0.4) is 0 Å². The fourth-order valence-corrected chi connectivity index (χ4v) is 30.3. The monoisotopic (exact) mass is 1260 g/mol. The SMILES string of the molecule is C.C.C.C.C.C.C.CCO[Si](C)(OCC)OCC.C[Si](O)(O)O[Si](O)(O)O.C[Si]1(C)O[Si](C)(C)O[Si](C)(C)O[Si](C)(C)O1.O.O.O[Si](O)(O)O.O[Si](O)(O)O.O[Si](O)(O)O.O[Si](O)(O)O[Si](O)(O)O. The Balaban J connectivity index is -0.0000000386. The molecular formula is C23H100O34Si12. The predicted octanol–water partition coefficient (Wildman–Crippen LogP) is -7.69. The van der Waals surface area contributed by atoms with Gasteiger partial charge in [-0.15, -0.1) is 0 Å². The van der Waals surface area contributed by atoms with Gasteiger partial charge in [0, 0.05) is 32.9 Å². The van der Waals surface area contributed by atoms with E-state index in [-0.39, 0.29) is 62.9 Å². The van der Waals surface area contributed by atoms with E-state index in [1.807, 2.05) is 27.3 Å². The summed E-state index contributed by atoms with van der Waals surface area (Å²) in [6, 6.07) is 0. The van der Waals surface area contributed by atoms with Crippen molar-refractivity contribution in [1.82, 2.24) is 0 Å². The van der Waals surface area contributed by atoms with Crippen molar-refractivity contribution < 1.29 is 159 Å². The number of rotatable bonds is 10. The first-order valence-corrected chi connectivity index (χ1v) is 42.6. The van der Waals surface area contributed by atoms with Gasteiger partial charge in [-0.2, -0.15) is 0 Å². The van der Waals surface area contributed by atoms with E-state index < -0.39 is 106 Å². The maximum atomic E-state index is 8.38. The fourth-order valence-electron chi connectivity index (χ4n) is 3.81. The first-order valence-electron chi connectivity index (χ1n) is 16.2. The lowest BCUT2D eigenvalue weighted by molar-refractivity contribution is 0.0400. The van der Waals surface area contributed by atoms with Gasteiger partial charge in [0.2, 0.25) is 0 Å². The molecule has 1 fully saturated rings. The molecule has 0 bridgehead atoms. The summed E-state index contributed by atoms with van der Waals surface area (Å²) in [6.07, 6.45) is 0. The van der Waals surface area contributed by atoms with Crippen LogP contribution in [-0.2, 0) is 38.0 Å². The van der Waals surface area contributed by atoms with Gasteiger partial charge in [0.1, 0.15) is 0 Å². The van der Waals surface area contributed by atoms with Crippen LogP contribution in [0.1, 0.15) is 72.8 Å². The van der Waals surface area contributed by atoms with Crippen LogP contribution in [0.4, 0.5) is 0 Å². The largest absolute Gasteiger partial charge is 0.668 e. The lowest BCUT2D eigenvalue weighted by Crippen LogP contribution is -2.64. The van der Waals surface area contributed by atoms with E-state index in [9.17, 15) is 0 Å². The van der Waals surface area contributed by atoms with Gasteiger partial charge < -0.3 is 159 Å². The summed E-state index contributed by atoms with van der Waals surface area (Å²) in [5.41, 5.74) is 0. The van der Waals surface area contributed by atoms with Crippen LogP contribution in [0.2, 0.25) is 65.5 Å². The zero-order valence-electron chi connectivity index (χ0n) is 36.1. The maximum Gasteiger partial charge on any atom is 0.668 e. The smallest absolute Gasteiger partial charge is 0.416 e. The van der Waals surface area contributed by atoms with E-state index in [0.717, 1.165) is 6.55 Å². The van der Waals surface area contributed by atoms with E-state index in [4.69, 9.17) is 140 Å². The summed E-state index contributed by atoms with van der Waals surface area (Å²) in [6.45, 7) is 27.2. The van der Waals surface area contributed by atoms with Crippen molar-refractivity contribution in [2.75, 3.05) is 19.8 Å². The Bertz CT molecular complexity index is 905. The molecule has 0 aromatic rings. The summed E-state index contributed by atoms with van der Waals surface area (Å²) < 4.78 is 47.8. The molecule has 0 atom stereocenters. The second kappa shape index (κ2) is 44.4. The Morgan fingerprint density at radius 2 is 0.449 bits per heavy atom. The van der Waals surface area contributed by atoms with Crippen molar-refractivity contribution >= 4 is 106 Å². The van der Waals surface area contributed by atoms with Gasteiger partial charge in [-0.1, -0.05) is 52.0 Å². The number of hydrogen-bond donors (Lipinski definition) is 23. The van der Waals surface area contributed by atoms with E-state index in [2.05, 4.69) is 60.6 Å². The molecule has 1 heterocycles. The minimum absolute atomic E-state index is 0. The lowest BCUT2D eigenvalue weighted by Gasteiger charge is -2.46. The molecule has 69 heavy (non-hydrogen) atoms. The van der Waals surface area contributed by atoms with Crippen LogP contribution < -0.4 is 0 Å². The van der Waals surface area contributed by atoms with Gasteiger partial charge in [-0.25, -0.2) is 0 Å². The van der Waals surface area contributed by atoms with Crippen molar-refractivity contribution in [2.24, 2.45) is 0 Å². The van der Waals surface area contributed by atoms with Gasteiger partial charge in [0.05, 0.1) is 0 Å². The molecule has 27 N–H and O–H groups in total. The molecule has 444 valence electrons. The molecule has 1 rings (SSSR count). The van der Waals surface area contributed by atoms with Gasteiger partial charge >= 0.3 is 106 Å². The van der Waals surface area contributed by atoms with Crippen molar-refractivity contribution in [1.29, 1.82) is 0 Å². The van der Waals surface area contributed by atoms with E-state index in [1.54, 1.807) is 0 Å². The highest BCUT2D eigenvalue weighted by Gasteiger charge is 2.50. The summed E-state index contributed by atoms with van der Waals surface area (Å²) in [5.74, 6) is 0. The van der Waals surface area contributed by atoms with E-state index in [0.29, 0.717) is 19.8 Å². The van der Waals surface area contributed by atoms with Gasteiger partial charge in [-0.3, -0.25) is 0 Å². The molecule has 34 nitrogen and oxygen atoms in total. The molecule has 0 aromatic heterocycles. The molecule has 0 saturated carbocycles. The Kier molecular flexibility index (Phi) is 71.0. The molecule has 0 spiro atoms. The summed E-state index contributed by atoms with van der Waals surface area (Å²) in [4.78, 5) is 177. The third-order valence-corrected chi connectivity index (χ3v) is 26.8. The van der Waals surface area contributed by atoms with Gasteiger partial charge in [-0.05, 0) is 73.1 Å². The van der Waals surface area contributed by atoms with Crippen molar-refractivity contribution in [3.63, 3.8) is 0 Å². The minimum atomic E-state index is -4.98. The van der Waals surface area contributed by atoms with E-state index >= 15 is 0 Å². The molecule has 0 radical (unpaired) electrons. The highest BCUT2D eigenvalue weighted by atomic mass is 28.5. The first kappa shape index (κ1) is 110. The second-order valence-electron chi connectivity index (χ2n) is 12.8. The van der Waals surface area contributed by atoms with Gasteiger partial charge in [0.25, 0.3) is 0 Å². The number of hydrogen-bond acceptors (Lipinski definition) is 32. The normalized spacial score (nSPS) is 15.5. The molecule has 46 heteroatoms. The summed E-state index contributed by atoms with van der Waals surface area (Å²) in [7, 11) is -43.2. The highest BCUT2D eigenvalue weighted by Crippen LogP contribution is 2.30. The molecule has 1 saturated heterocycles. The third kappa shape index (κ3) is 129. The topological polar surface area (TPSA) is 611 Å².